The van der Waals surface area contributed by atoms with Crippen LogP contribution in [0.1, 0.15) is 22.8 Å². The molecule has 0 fully saturated rings. The maximum Gasteiger partial charge on any atom is 0.325 e. The van der Waals surface area contributed by atoms with Crippen molar-refractivity contribution in [2.75, 3.05) is 0 Å². The number of amides is 1. The summed E-state index contributed by atoms with van der Waals surface area (Å²) in [7, 11) is 0. The number of nitrogens with one attached hydrogen (secondary N) is 1. The van der Waals surface area contributed by atoms with Crippen LogP contribution in [0.5, 0.6) is 0 Å². The van der Waals surface area contributed by atoms with Crippen LogP contribution >= 0.6 is 0 Å². The molecular formula is C10H12N2O3. The fraction of sp³-hybridized carbons (Fsp3) is 0.300. The van der Waals surface area contributed by atoms with Crippen LogP contribution < -0.4 is 5.32 Å². The van der Waals surface area contributed by atoms with E-state index < -0.39 is 17.9 Å². The molecule has 0 spiro atoms. The van der Waals surface area contributed by atoms with Gasteiger partial charge in [0.05, 0.1) is 5.56 Å². The lowest BCUT2D eigenvalue weighted by Crippen LogP contribution is -2.38. The van der Waals surface area contributed by atoms with Crippen molar-refractivity contribution in [2.24, 2.45) is 0 Å². The van der Waals surface area contributed by atoms with Crippen LogP contribution in [0.25, 0.3) is 0 Å². The zero-order valence-corrected chi connectivity index (χ0v) is 8.52. The minimum Gasteiger partial charge on any atom is -0.480 e. The average Bonchev–Trinajstić information content (AvgIpc) is 2.18. The Morgan fingerprint density at radius 3 is 2.73 bits per heavy atom. The average molecular weight is 208 g/mol. The summed E-state index contributed by atoms with van der Waals surface area (Å²) in [6, 6.07) is 0.789. The number of carbonyl (C=O) groups is 2. The summed E-state index contributed by atoms with van der Waals surface area (Å²) < 4.78 is 0. The SMILES string of the molecule is Cc1ccncc1C(=O)NC(C)C(=O)O. The van der Waals surface area contributed by atoms with Crippen LogP contribution in [-0.4, -0.2) is 28.0 Å². The van der Waals surface area contributed by atoms with Crippen LogP contribution in [0.3, 0.4) is 0 Å². The number of hydrogen-bond donors (Lipinski definition) is 2. The lowest BCUT2D eigenvalue weighted by atomic mass is 10.1. The number of rotatable bonds is 3. The first-order chi connectivity index (χ1) is 7.02. The molecule has 0 bridgehead atoms. The number of pyridine rings is 1. The highest BCUT2D eigenvalue weighted by Gasteiger charge is 2.16. The second-order valence-corrected chi connectivity index (χ2v) is 3.22. The lowest BCUT2D eigenvalue weighted by molar-refractivity contribution is -0.138. The first-order valence-electron chi connectivity index (χ1n) is 4.46. The zero-order chi connectivity index (χ0) is 11.4. The number of aliphatic carboxylic acids is 1. The van der Waals surface area contributed by atoms with Crippen LogP contribution in [0.4, 0.5) is 0 Å². The van der Waals surface area contributed by atoms with Gasteiger partial charge < -0.3 is 10.4 Å². The summed E-state index contributed by atoms with van der Waals surface area (Å²) in [5.41, 5.74) is 1.16. The fourth-order valence-corrected chi connectivity index (χ4v) is 1.04. The highest BCUT2D eigenvalue weighted by Crippen LogP contribution is 2.04. The molecule has 1 amide bonds. The second-order valence-electron chi connectivity index (χ2n) is 3.22. The molecule has 5 nitrogen and oxygen atoms in total. The number of aromatic nitrogens is 1. The van der Waals surface area contributed by atoms with E-state index in [0.717, 1.165) is 5.56 Å². The monoisotopic (exact) mass is 208 g/mol. The van der Waals surface area contributed by atoms with E-state index in [1.807, 2.05) is 0 Å². The molecule has 0 saturated heterocycles. The number of carboxylic acids is 1. The second kappa shape index (κ2) is 4.54. The van der Waals surface area contributed by atoms with Crippen molar-refractivity contribution >= 4 is 11.9 Å². The first-order valence-corrected chi connectivity index (χ1v) is 4.46. The molecular weight excluding hydrogens is 196 g/mol. The van der Waals surface area contributed by atoms with E-state index in [9.17, 15) is 9.59 Å². The summed E-state index contributed by atoms with van der Waals surface area (Å²) in [6.45, 7) is 3.17. The van der Waals surface area contributed by atoms with Crippen molar-refractivity contribution in [1.29, 1.82) is 0 Å². The van der Waals surface area contributed by atoms with Crippen LogP contribution in [0.15, 0.2) is 18.5 Å². The van der Waals surface area contributed by atoms with Gasteiger partial charge in [-0.3, -0.25) is 14.6 Å². The Bertz CT molecular complexity index is 390. The van der Waals surface area contributed by atoms with Gasteiger partial charge in [0.25, 0.3) is 5.91 Å². The van der Waals surface area contributed by atoms with Gasteiger partial charge in [-0.05, 0) is 25.5 Å². The predicted molar refractivity (Wildman–Crippen MR) is 53.5 cm³/mol. The molecule has 1 rings (SSSR count). The molecule has 1 atom stereocenters. The van der Waals surface area contributed by atoms with Crippen molar-refractivity contribution in [3.8, 4) is 0 Å². The Hall–Kier alpha value is -1.91. The predicted octanol–water partition coefficient (Wildman–Crippen LogP) is 0.593. The van der Waals surface area contributed by atoms with E-state index in [4.69, 9.17) is 5.11 Å². The summed E-state index contributed by atoms with van der Waals surface area (Å²) in [4.78, 5) is 25.9. The van der Waals surface area contributed by atoms with Crippen LogP contribution in [0, 0.1) is 6.92 Å². The first kappa shape index (κ1) is 11.2. The minimum absolute atomic E-state index is 0.394. The number of carboxylic acid groups (broad SMARTS) is 1. The van der Waals surface area contributed by atoms with Crippen molar-refractivity contribution in [2.45, 2.75) is 19.9 Å². The van der Waals surface area contributed by atoms with Gasteiger partial charge in [0, 0.05) is 12.4 Å². The van der Waals surface area contributed by atoms with Crippen LogP contribution in [-0.2, 0) is 4.79 Å². The molecule has 1 heterocycles. The fourth-order valence-electron chi connectivity index (χ4n) is 1.04. The van der Waals surface area contributed by atoms with Crippen molar-refractivity contribution in [3.63, 3.8) is 0 Å². The molecule has 15 heavy (non-hydrogen) atoms. The van der Waals surface area contributed by atoms with Gasteiger partial charge >= 0.3 is 5.97 Å². The molecule has 0 aliphatic rings. The third kappa shape index (κ3) is 2.77. The van der Waals surface area contributed by atoms with E-state index in [2.05, 4.69) is 10.3 Å². The largest absolute Gasteiger partial charge is 0.480 e. The molecule has 5 heteroatoms. The minimum atomic E-state index is -1.06. The summed E-state index contributed by atoms with van der Waals surface area (Å²) >= 11 is 0. The Morgan fingerprint density at radius 1 is 1.53 bits per heavy atom. The molecule has 0 radical (unpaired) electrons. The molecule has 80 valence electrons. The summed E-state index contributed by atoms with van der Waals surface area (Å²) in [5, 5.41) is 11.0. The maximum atomic E-state index is 11.6. The quantitative estimate of drug-likeness (QED) is 0.762. The van der Waals surface area contributed by atoms with Gasteiger partial charge in [-0.15, -0.1) is 0 Å². The number of hydrogen-bond acceptors (Lipinski definition) is 3. The molecule has 1 aromatic heterocycles. The van der Waals surface area contributed by atoms with Gasteiger partial charge in [0.2, 0.25) is 0 Å². The Balaban J connectivity index is 2.78. The standard InChI is InChI=1S/C10H12N2O3/c1-6-3-4-11-5-8(6)9(13)12-7(2)10(14)15/h3-5,7H,1-2H3,(H,12,13)(H,14,15). The third-order valence-corrected chi connectivity index (χ3v) is 2.00. The normalized spacial score (nSPS) is 11.9. The van der Waals surface area contributed by atoms with Crippen molar-refractivity contribution < 1.29 is 14.7 Å². The zero-order valence-electron chi connectivity index (χ0n) is 8.52. The molecule has 0 aromatic carbocycles. The van der Waals surface area contributed by atoms with Gasteiger partial charge in [-0.1, -0.05) is 0 Å². The van der Waals surface area contributed by atoms with Gasteiger partial charge in [0.1, 0.15) is 6.04 Å². The topological polar surface area (TPSA) is 79.3 Å². The van der Waals surface area contributed by atoms with E-state index in [1.54, 1.807) is 19.2 Å². The third-order valence-electron chi connectivity index (χ3n) is 2.00. The van der Waals surface area contributed by atoms with E-state index in [-0.39, 0.29) is 0 Å². The maximum absolute atomic E-state index is 11.6. The summed E-state index contributed by atoms with van der Waals surface area (Å²) in [5.74, 6) is -1.49. The van der Waals surface area contributed by atoms with Gasteiger partial charge in [-0.25, -0.2) is 0 Å². The Labute approximate surface area is 87.1 Å². The lowest BCUT2D eigenvalue weighted by Gasteiger charge is -2.10. The molecule has 2 N–H and O–H groups in total. The molecule has 0 saturated carbocycles. The number of nitrogens with zero attached hydrogens (tertiary/aromatic N) is 1. The Kier molecular flexibility index (Phi) is 3.38. The smallest absolute Gasteiger partial charge is 0.325 e. The van der Waals surface area contributed by atoms with Gasteiger partial charge in [-0.2, -0.15) is 0 Å². The Morgan fingerprint density at radius 2 is 2.20 bits per heavy atom. The van der Waals surface area contributed by atoms with Crippen LogP contribution in [0.2, 0.25) is 0 Å². The van der Waals surface area contributed by atoms with E-state index in [1.165, 1.54) is 13.1 Å². The van der Waals surface area contributed by atoms with Crippen molar-refractivity contribution in [3.05, 3.63) is 29.6 Å². The molecule has 1 aromatic rings. The molecule has 1 unspecified atom stereocenters. The highest BCUT2D eigenvalue weighted by molar-refractivity contribution is 5.97. The van der Waals surface area contributed by atoms with E-state index in [0.29, 0.717) is 5.56 Å². The number of carbonyl (C=O) groups excluding carboxylic acids is 1. The molecule has 0 aliphatic carbocycles. The number of aryl methyl sites for hydroxylation is 1. The highest BCUT2D eigenvalue weighted by atomic mass is 16.4. The summed E-state index contributed by atoms with van der Waals surface area (Å²) in [6.07, 6.45) is 2.99. The molecule has 0 aliphatic heterocycles. The van der Waals surface area contributed by atoms with Crippen molar-refractivity contribution in [1.82, 2.24) is 10.3 Å². The van der Waals surface area contributed by atoms with Gasteiger partial charge in [0.15, 0.2) is 0 Å². The van der Waals surface area contributed by atoms with E-state index >= 15 is 0 Å².